The van der Waals surface area contributed by atoms with E-state index >= 15 is 0 Å². The highest BCUT2D eigenvalue weighted by Gasteiger charge is 2.18. The number of ether oxygens (including phenoxy) is 1. The molecule has 0 aromatic heterocycles. The van der Waals surface area contributed by atoms with Crippen LogP contribution in [0.4, 0.5) is 0 Å². The van der Waals surface area contributed by atoms with Crippen LogP contribution in [0.5, 0.6) is 0 Å². The van der Waals surface area contributed by atoms with Gasteiger partial charge in [0.2, 0.25) is 5.91 Å². The largest absolute Gasteiger partial charge is 0.466 e. The van der Waals surface area contributed by atoms with E-state index in [1.807, 2.05) is 6.08 Å². The van der Waals surface area contributed by atoms with Crippen LogP contribution in [0.15, 0.2) is 36.5 Å². The Labute approximate surface area is 525 Å². The molecule has 0 aliphatic carbocycles. The van der Waals surface area contributed by atoms with Crippen molar-refractivity contribution in [3.05, 3.63) is 36.5 Å². The molecule has 2 atom stereocenters. The first-order valence-electron chi connectivity index (χ1n) is 38.3. The molecule has 3 N–H and O–H groups in total. The Balaban J connectivity index is 3.33. The summed E-state index contributed by atoms with van der Waals surface area (Å²) in [5, 5.41) is 23.1. The molecule has 6 heteroatoms. The van der Waals surface area contributed by atoms with E-state index in [9.17, 15) is 19.8 Å². The van der Waals surface area contributed by atoms with Gasteiger partial charge in [0.05, 0.1) is 25.4 Å². The maximum absolute atomic E-state index is 12.4. The van der Waals surface area contributed by atoms with Crippen LogP contribution in [0.2, 0.25) is 0 Å². The van der Waals surface area contributed by atoms with Crippen molar-refractivity contribution in [2.45, 2.75) is 437 Å². The number of aliphatic hydroxyl groups excluding tert-OH is 2. The zero-order valence-corrected chi connectivity index (χ0v) is 56.9. The molecule has 496 valence electrons. The van der Waals surface area contributed by atoms with Crippen LogP contribution in [0, 0.1) is 0 Å². The molecule has 2 unspecified atom stereocenters. The molecule has 0 rings (SSSR count). The third-order valence-corrected chi connectivity index (χ3v) is 17.9. The second kappa shape index (κ2) is 73.5. The van der Waals surface area contributed by atoms with Crippen molar-refractivity contribution < 1.29 is 24.5 Å². The lowest BCUT2D eigenvalue weighted by Crippen LogP contribution is -2.45. The van der Waals surface area contributed by atoms with Gasteiger partial charge in [-0.15, -0.1) is 0 Å². The maximum Gasteiger partial charge on any atom is 0.305 e. The first kappa shape index (κ1) is 82.1. The minimum Gasteiger partial charge on any atom is -0.466 e. The second-order valence-electron chi connectivity index (χ2n) is 26.3. The lowest BCUT2D eigenvalue weighted by molar-refractivity contribution is -0.143. The number of nitrogens with one attached hydrogen (secondary N) is 1. The number of esters is 1. The first-order chi connectivity index (χ1) is 41.5. The molecule has 0 saturated heterocycles. The predicted octanol–water partition coefficient (Wildman–Crippen LogP) is 25.0. The van der Waals surface area contributed by atoms with E-state index in [1.54, 1.807) is 6.08 Å². The number of amides is 1. The van der Waals surface area contributed by atoms with Crippen molar-refractivity contribution in [1.82, 2.24) is 5.32 Å². The Bertz CT molecular complexity index is 1360. The van der Waals surface area contributed by atoms with Crippen molar-refractivity contribution in [3.8, 4) is 0 Å². The number of aliphatic hydroxyl groups is 2. The Hall–Kier alpha value is -1.92. The van der Waals surface area contributed by atoms with Gasteiger partial charge in [0.15, 0.2) is 0 Å². The molecule has 6 nitrogen and oxygen atoms in total. The summed E-state index contributed by atoms with van der Waals surface area (Å²) in [5.74, 6) is -0.0399. The summed E-state index contributed by atoms with van der Waals surface area (Å²) in [7, 11) is 0. The lowest BCUT2D eigenvalue weighted by atomic mass is 10.0. The summed E-state index contributed by atoms with van der Waals surface area (Å²) in [6.07, 6.45) is 95.6. The van der Waals surface area contributed by atoms with E-state index < -0.39 is 12.1 Å². The maximum atomic E-state index is 12.4. The van der Waals surface area contributed by atoms with Crippen LogP contribution in [-0.2, 0) is 14.3 Å². The highest BCUT2D eigenvalue weighted by Crippen LogP contribution is 2.19. The standard InChI is InChI=1S/C78H149NO5/c1-3-5-7-9-11-13-15-16-17-41-45-48-52-56-60-64-68-72-78(83)84-73-69-65-61-57-53-49-46-43-40-38-36-34-32-30-28-26-24-22-20-18-19-21-23-25-27-29-31-33-35-37-39-42-44-47-51-55-59-63-67-71-77(82)79-75(74-80)76(81)70-66-62-58-54-50-14-12-10-8-6-4-2/h18-19,22,24,66,70,75-76,80-81H,3-17,20-21,23,25-65,67-69,71-74H2,1-2H3,(H,79,82)/b19-18-,24-22-,70-66+. The van der Waals surface area contributed by atoms with Gasteiger partial charge in [0, 0.05) is 12.8 Å². The number of carbonyl (C=O) groups excluding carboxylic acids is 2. The monoisotopic (exact) mass is 1180 g/mol. The smallest absolute Gasteiger partial charge is 0.305 e. The molecule has 0 aliphatic rings. The van der Waals surface area contributed by atoms with Crippen LogP contribution in [0.25, 0.3) is 0 Å². The number of unbranched alkanes of at least 4 members (excludes halogenated alkanes) is 57. The second-order valence-corrected chi connectivity index (χ2v) is 26.3. The zero-order chi connectivity index (χ0) is 60.6. The molecule has 1 amide bonds. The average molecular weight is 1180 g/mol. The first-order valence-corrected chi connectivity index (χ1v) is 38.3. The lowest BCUT2D eigenvalue weighted by Gasteiger charge is -2.20. The average Bonchev–Trinajstić information content (AvgIpc) is 3.50. The van der Waals surface area contributed by atoms with E-state index in [4.69, 9.17) is 4.74 Å². The van der Waals surface area contributed by atoms with Gasteiger partial charge in [0.1, 0.15) is 0 Å². The molecular weight excluding hydrogens is 1030 g/mol. The van der Waals surface area contributed by atoms with Crippen LogP contribution >= 0.6 is 0 Å². The third kappa shape index (κ3) is 69.2. The zero-order valence-electron chi connectivity index (χ0n) is 56.9. The van der Waals surface area contributed by atoms with Crippen molar-refractivity contribution in [2.24, 2.45) is 0 Å². The Morgan fingerprint density at radius 2 is 0.595 bits per heavy atom. The fourth-order valence-corrected chi connectivity index (χ4v) is 12.1. The molecule has 0 spiro atoms. The third-order valence-electron chi connectivity index (χ3n) is 17.9. The summed E-state index contributed by atoms with van der Waals surface area (Å²) < 4.78 is 5.51. The van der Waals surface area contributed by atoms with Gasteiger partial charge in [-0.25, -0.2) is 0 Å². The molecule has 0 aliphatic heterocycles. The molecule has 84 heavy (non-hydrogen) atoms. The van der Waals surface area contributed by atoms with Crippen LogP contribution in [0.3, 0.4) is 0 Å². The van der Waals surface area contributed by atoms with Gasteiger partial charge in [0.25, 0.3) is 0 Å². The number of rotatable bonds is 72. The van der Waals surface area contributed by atoms with Gasteiger partial charge >= 0.3 is 5.97 Å². The van der Waals surface area contributed by atoms with Crippen LogP contribution in [0.1, 0.15) is 425 Å². The predicted molar refractivity (Wildman–Crippen MR) is 370 cm³/mol. The van der Waals surface area contributed by atoms with Crippen molar-refractivity contribution in [2.75, 3.05) is 13.2 Å². The summed E-state index contributed by atoms with van der Waals surface area (Å²) in [4.78, 5) is 24.6. The van der Waals surface area contributed by atoms with E-state index in [-0.39, 0.29) is 18.5 Å². The number of carbonyl (C=O) groups is 2. The molecule has 0 radical (unpaired) electrons. The Morgan fingerprint density at radius 3 is 0.905 bits per heavy atom. The molecule has 0 saturated carbocycles. The summed E-state index contributed by atoms with van der Waals surface area (Å²) in [6.45, 7) is 4.93. The quantitative estimate of drug-likeness (QED) is 0.0320. The SMILES string of the molecule is CCCCCCCCCCC/C=C/C(O)C(CO)NC(=O)CCCCCCCCCCCCCCCCCCC/C=C\C/C=C\CCCCCCCCCCCCCCCCCOC(=O)CCCCCCCCCCCCCCCCCCC. The van der Waals surface area contributed by atoms with E-state index in [1.165, 1.54) is 353 Å². The van der Waals surface area contributed by atoms with Crippen LogP contribution in [-0.4, -0.2) is 47.4 Å². The molecule has 0 heterocycles. The van der Waals surface area contributed by atoms with Gasteiger partial charge < -0.3 is 20.3 Å². The molecular formula is C78H149NO5. The topological polar surface area (TPSA) is 95.9 Å². The van der Waals surface area contributed by atoms with Crippen molar-refractivity contribution in [1.29, 1.82) is 0 Å². The highest BCUT2D eigenvalue weighted by molar-refractivity contribution is 5.76. The summed E-state index contributed by atoms with van der Waals surface area (Å²) in [5.41, 5.74) is 0. The van der Waals surface area contributed by atoms with E-state index in [0.717, 1.165) is 44.9 Å². The summed E-state index contributed by atoms with van der Waals surface area (Å²) in [6, 6.07) is -0.624. The van der Waals surface area contributed by atoms with Crippen LogP contribution < -0.4 is 5.32 Å². The minimum absolute atomic E-state index is 0.0247. The highest BCUT2D eigenvalue weighted by atomic mass is 16.5. The number of allylic oxidation sites excluding steroid dienone is 5. The Morgan fingerprint density at radius 1 is 0.333 bits per heavy atom. The van der Waals surface area contributed by atoms with Gasteiger partial charge in [-0.3, -0.25) is 9.59 Å². The molecule has 0 bridgehead atoms. The molecule has 0 aromatic rings. The van der Waals surface area contributed by atoms with Gasteiger partial charge in [-0.1, -0.05) is 384 Å². The fraction of sp³-hybridized carbons (Fsp3) is 0.897. The summed E-state index contributed by atoms with van der Waals surface area (Å²) >= 11 is 0. The van der Waals surface area contributed by atoms with E-state index in [2.05, 4.69) is 43.5 Å². The number of hydrogen-bond donors (Lipinski definition) is 3. The Kier molecular flexibility index (Phi) is 71.9. The van der Waals surface area contributed by atoms with Gasteiger partial charge in [-0.2, -0.15) is 0 Å². The minimum atomic E-state index is -0.841. The molecule has 0 fully saturated rings. The normalized spacial score (nSPS) is 12.7. The van der Waals surface area contributed by atoms with Gasteiger partial charge in [-0.05, 0) is 64.2 Å². The molecule has 0 aromatic carbocycles. The van der Waals surface area contributed by atoms with E-state index in [0.29, 0.717) is 19.4 Å². The fourth-order valence-electron chi connectivity index (χ4n) is 12.1. The van der Waals surface area contributed by atoms with Crippen molar-refractivity contribution >= 4 is 11.9 Å². The number of hydrogen-bond acceptors (Lipinski definition) is 5. The van der Waals surface area contributed by atoms with Crippen molar-refractivity contribution in [3.63, 3.8) is 0 Å².